The standard InChI is InChI=1S/C16H13F3N6O2S/c17-16(18,19)10-3-4-22-14(25-10)12(13(21)27)15-24-8-2-1-7(5-9(8)28-15)23-11(26)6-20/h1-5,12H,6,20H2,(H2,21,27)(H,23,26). The summed E-state index contributed by atoms with van der Waals surface area (Å²) in [5.74, 6) is -3.06. The quantitative estimate of drug-likeness (QED) is 0.585. The van der Waals surface area contributed by atoms with Crippen LogP contribution in [0, 0.1) is 0 Å². The Morgan fingerprint density at radius 3 is 2.61 bits per heavy atom. The van der Waals surface area contributed by atoms with Gasteiger partial charge >= 0.3 is 6.18 Å². The van der Waals surface area contributed by atoms with Crippen LogP contribution >= 0.6 is 11.3 Å². The van der Waals surface area contributed by atoms with Crippen LogP contribution in [-0.4, -0.2) is 33.3 Å². The summed E-state index contributed by atoms with van der Waals surface area (Å²) in [4.78, 5) is 34.8. The number of thiazole rings is 1. The van der Waals surface area contributed by atoms with Crippen molar-refractivity contribution in [1.29, 1.82) is 0 Å². The number of halogens is 3. The molecule has 12 heteroatoms. The molecular weight excluding hydrogens is 397 g/mol. The molecule has 0 saturated heterocycles. The second-order valence-electron chi connectivity index (χ2n) is 5.62. The molecule has 0 fully saturated rings. The van der Waals surface area contributed by atoms with E-state index in [4.69, 9.17) is 11.5 Å². The van der Waals surface area contributed by atoms with E-state index in [1.54, 1.807) is 18.2 Å². The minimum atomic E-state index is -4.69. The number of primary amides is 1. The van der Waals surface area contributed by atoms with Gasteiger partial charge in [-0.1, -0.05) is 0 Å². The lowest BCUT2D eigenvalue weighted by atomic mass is 10.1. The molecule has 0 aliphatic carbocycles. The molecular formula is C16H13F3N6O2S. The van der Waals surface area contributed by atoms with Crippen molar-refractivity contribution in [3.05, 3.63) is 47.0 Å². The molecule has 0 aliphatic rings. The number of hydrogen-bond acceptors (Lipinski definition) is 7. The number of benzene rings is 1. The SMILES string of the molecule is NCC(=O)Nc1ccc2nc(C(C(N)=O)c3nccc(C(F)(F)F)n3)sc2c1. The van der Waals surface area contributed by atoms with Crippen LogP contribution in [0.5, 0.6) is 0 Å². The van der Waals surface area contributed by atoms with Crippen molar-refractivity contribution in [2.75, 3.05) is 11.9 Å². The summed E-state index contributed by atoms with van der Waals surface area (Å²) >= 11 is 1.04. The molecule has 3 aromatic rings. The van der Waals surface area contributed by atoms with Crippen LogP contribution < -0.4 is 16.8 Å². The lowest BCUT2D eigenvalue weighted by molar-refractivity contribution is -0.141. The van der Waals surface area contributed by atoms with Crippen LogP contribution in [0.2, 0.25) is 0 Å². The number of nitrogens with zero attached hydrogens (tertiary/aromatic N) is 3. The number of hydrogen-bond donors (Lipinski definition) is 3. The average molecular weight is 410 g/mol. The minimum absolute atomic E-state index is 0.143. The van der Waals surface area contributed by atoms with Gasteiger partial charge in [-0.25, -0.2) is 15.0 Å². The third kappa shape index (κ3) is 4.07. The number of amides is 2. The zero-order chi connectivity index (χ0) is 20.5. The third-order valence-electron chi connectivity index (χ3n) is 3.63. The van der Waals surface area contributed by atoms with Gasteiger partial charge in [0.25, 0.3) is 0 Å². The van der Waals surface area contributed by atoms with E-state index in [9.17, 15) is 22.8 Å². The average Bonchev–Trinajstić information content (AvgIpc) is 3.03. The van der Waals surface area contributed by atoms with Crippen molar-refractivity contribution in [1.82, 2.24) is 15.0 Å². The monoisotopic (exact) mass is 410 g/mol. The summed E-state index contributed by atoms with van der Waals surface area (Å²) in [5, 5.41) is 2.72. The van der Waals surface area contributed by atoms with Gasteiger partial charge in [0.05, 0.1) is 16.8 Å². The minimum Gasteiger partial charge on any atom is -0.369 e. The second kappa shape index (κ2) is 7.48. The number of fused-ring (bicyclic) bond motifs is 1. The highest BCUT2D eigenvalue weighted by Crippen LogP contribution is 2.33. The first kappa shape index (κ1) is 19.6. The first-order valence-electron chi connectivity index (χ1n) is 7.79. The van der Waals surface area contributed by atoms with Crippen LogP contribution in [0.15, 0.2) is 30.5 Å². The van der Waals surface area contributed by atoms with Crippen molar-refractivity contribution in [3.63, 3.8) is 0 Å². The largest absolute Gasteiger partial charge is 0.433 e. The van der Waals surface area contributed by atoms with E-state index in [2.05, 4.69) is 20.3 Å². The smallest absolute Gasteiger partial charge is 0.369 e. The molecule has 3 rings (SSSR count). The van der Waals surface area contributed by atoms with E-state index in [1.165, 1.54) is 0 Å². The number of aromatic nitrogens is 3. The molecule has 8 nitrogen and oxygen atoms in total. The van der Waals surface area contributed by atoms with E-state index in [-0.39, 0.29) is 11.6 Å². The Kier molecular flexibility index (Phi) is 5.25. The lowest BCUT2D eigenvalue weighted by Crippen LogP contribution is -2.25. The van der Waals surface area contributed by atoms with Crippen LogP contribution in [0.1, 0.15) is 22.4 Å². The van der Waals surface area contributed by atoms with Gasteiger partial charge in [0.2, 0.25) is 11.8 Å². The van der Waals surface area contributed by atoms with Gasteiger partial charge in [-0.3, -0.25) is 9.59 Å². The van der Waals surface area contributed by atoms with Gasteiger partial charge in [-0.2, -0.15) is 13.2 Å². The number of carbonyl (C=O) groups is 2. The molecule has 0 aliphatic heterocycles. The Labute approximate surface area is 159 Å². The lowest BCUT2D eigenvalue weighted by Gasteiger charge is -2.11. The first-order chi connectivity index (χ1) is 13.2. The van der Waals surface area contributed by atoms with Crippen LogP contribution in [-0.2, 0) is 15.8 Å². The number of rotatable bonds is 5. The molecule has 5 N–H and O–H groups in total. The summed E-state index contributed by atoms with van der Waals surface area (Å²) < 4.78 is 39.3. The molecule has 0 saturated carbocycles. The van der Waals surface area contributed by atoms with Gasteiger partial charge in [0, 0.05) is 11.9 Å². The zero-order valence-corrected chi connectivity index (χ0v) is 14.8. The Bertz CT molecular complexity index is 1050. The summed E-state index contributed by atoms with van der Waals surface area (Å²) in [7, 11) is 0. The normalized spacial score (nSPS) is 12.7. The van der Waals surface area contributed by atoms with Gasteiger partial charge in [-0.15, -0.1) is 11.3 Å². The van der Waals surface area contributed by atoms with Crippen molar-refractivity contribution >= 4 is 39.1 Å². The fourth-order valence-corrected chi connectivity index (χ4v) is 3.50. The van der Waals surface area contributed by atoms with E-state index in [0.29, 0.717) is 22.0 Å². The molecule has 2 heterocycles. The van der Waals surface area contributed by atoms with Crippen molar-refractivity contribution in [2.45, 2.75) is 12.1 Å². The number of anilines is 1. The number of nitrogens with two attached hydrogens (primary N) is 2. The molecule has 2 aromatic heterocycles. The fourth-order valence-electron chi connectivity index (χ4n) is 2.39. The van der Waals surface area contributed by atoms with Crippen LogP contribution in [0.3, 0.4) is 0 Å². The molecule has 2 amide bonds. The predicted octanol–water partition coefficient (Wildman–Crippen LogP) is 1.62. The first-order valence-corrected chi connectivity index (χ1v) is 8.60. The highest BCUT2D eigenvalue weighted by atomic mass is 32.1. The Morgan fingerprint density at radius 2 is 1.96 bits per heavy atom. The maximum absolute atomic E-state index is 12.9. The summed E-state index contributed by atoms with van der Waals surface area (Å²) in [6.07, 6.45) is -3.78. The Hall–Kier alpha value is -3.12. The van der Waals surface area contributed by atoms with Crippen LogP contribution in [0.4, 0.5) is 18.9 Å². The van der Waals surface area contributed by atoms with Crippen LogP contribution in [0.25, 0.3) is 10.2 Å². The second-order valence-corrected chi connectivity index (χ2v) is 6.68. The number of nitrogens with one attached hydrogen (secondary N) is 1. The Balaban J connectivity index is 2.02. The van der Waals surface area contributed by atoms with Crippen molar-refractivity contribution in [2.24, 2.45) is 11.5 Å². The summed E-state index contributed by atoms with van der Waals surface area (Å²) in [5.41, 5.74) is 10.4. The maximum Gasteiger partial charge on any atom is 0.433 e. The maximum atomic E-state index is 12.9. The number of carbonyl (C=O) groups excluding carboxylic acids is 2. The summed E-state index contributed by atoms with van der Waals surface area (Å²) in [6.45, 7) is -0.192. The summed E-state index contributed by atoms with van der Waals surface area (Å²) in [6, 6.07) is 5.48. The van der Waals surface area contributed by atoms with Gasteiger partial charge in [0.1, 0.15) is 22.4 Å². The topological polar surface area (TPSA) is 137 Å². The van der Waals surface area contributed by atoms with Crippen molar-refractivity contribution in [3.8, 4) is 0 Å². The predicted molar refractivity (Wildman–Crippen MR) is 95.4 cm³/mol. The zero-order valence-electron chi connectivity index (χ0n) is 14.0. The molecule has 0 bridgehead atoms. The van der Waals surface area contributed by atoms with Gasteiger partial charge in [0.15, 0.2) is 0 Å². The highest BCUT2D eigenvalue weighted by Gasteiger charge is 2.35. The Morgan fingerprint density at radius 1 is 1.21 bits per heavy atom. The van der Waals surface area contributed by atoms with E-state index >= 15 is 0 Å². The van der Waals surface area contributed by atoms with Gasteiger partial charge < -0.3 is 16.8 Å². The van der Waals surface area contributed by atoms with E-state index in [1.807, 2.05) is 0 Å². The molecule has 0 spiro atoms. The van der Waals surface area contributed by atoms with E-state index < -0.39 is 35.4 Å². The van der Waals surface area contributed by atoms with Gasteiger partial charge in [-0.05, 0) is 24.3 Å². The number of alkyl halides is 3. The van der Waals surface area contributed by atoms with E-state index in [0.717, 1.165) is 17.5 Å². The fraction of sp³-hybridized carbons (Fsp3) is 0.188. The molecule has 1 aromatic carbocycles. The molecule has 28 heavy (non-hydrogen) atoms. The highest BCUT2D eigenvalue weighted by molar-refractivity contribution is 7.18. The van der Waals surface area contributed by atoms with Crippen molar-refractivity contribution < 1.29 is 22.8 Å². The molecule has 1 atom stereocenters. The third-order valence-corrected chi connectivity index (χ3v) is 4.71. The molecule has 0 radical (unpaired) electrons. The molecule has 146 valence electrons. The molecule has 1 unspecified atom stereocenters.